The van der Waals surface area contributed by atoms with Gasteiger partial charge in [-0.1, -0.05) is 41.4 Å². The molecule has 2 aromatic rings. The highest BCUT2D eigenvalue weighted by Crippen LogP contribution is 2.29. The fourth-order valence-electron chi connectivity index (χ4n) is 1.67. The SMILES string of the molecule is CC(C)c1nc(-c2ccc(Br)cc2Cl)[nH]c(=O)c1I. The second kappa shape index (κ2) is 5.93. The maximum absolute atomic E-state index is 12.0. The molecule has 0 bridgehead atoms. The summed E-state index contributed by atoms with van der Waals surface area (Å²) in [6.45, 7) is 4.02. The highest BCUT2D eigenvalue weighted by molar-refractivity contribution is 14.1. The van der Waals surface area contributed by atoms with E-state index in [4.69, 9.17) is 11.6 Å². The zero-order valence-electron chi connectivity index (χ0n) is 10.3. The lowest BCUT2D eigenvalue weighted by Crippen LogP contribution is -2.17. The molecule has 0 amide bonds. The zero-order chi connectivity index (χ0) is 14.2. The number of aromatic amines is 1. The van der Waals surface area contributed by atoms with Crippen molar-refractivity contribution in [3.8, 4) is 11.4 Å². The Morgan fingerprint density at radius 2 is 2.11 bits per heavy atom. The van der Waals surface area contributed by atoms with Gasteiger partial charge in [-0.3, -0.25) is 4.79 Å². The van der Waals surface area contributed by atoms with E-state index in [1.165, 1.54) is 0 Å². The van der Waals surface area contributed by atoms with Crippen LogP contribution in [0.4, 0.5) is 0 Å². The van der Waals surface area contributed by atoms with Crippen LogP contribution in [0.1, 0.15) is 25.5 Å². The molecule has 100 valence electrons. The van der Waals surface area contributed by atoms with Crippen LogP contribution >= 0.6 is 50.1 Å². The summed E-state index contributed by atoms with van der Waals surface area (Å²) < 4.78 is 1.52. The van der Waals surface area contributed by atoms with Crippen LogP contribution in [0, 0.1) is 3.57 Å². The van der Waals surface area contributed by atoms with Gasteiger partial charge in [0.25, 0.3) is 5.56 Å². The molecule has 2 rings (SSSR count). The third kappa shape index (κ3) is 3.20. The molecule has 0 aliphatic rings. The number of hydrogen-bond donors (Lipinski definition) is 1. The van der Waals surface area contributed by atoms with Crippen LogP contribution in [0.3, 0.4) is 0 Å². The molecule has 6 heteroatoms. The third-order valence-electron chi connectivity index (χ3n) is 2.62. The maximum atomic E-state index is 12.0. The first-order valence-corrected chi connectivity index (χ1v) is 7.90. The fourth-order valence-corrected chi connectivity index (χ4v) is 3.31. The molecule has 0 aliphatic carbocycles. The first-order chi connectivity index (χ1) is 8.90. The van der Waals surface area contributed by atoms with Crippen molar-refractivity contribution in [2.45, 2.75) is 19.8 Å². The predicted octanol–water partition coefficient (Wildman–Crippen LogP) is 4.58. The average molecular weight is 454 g/mol. The Bertz CT molecular complexity index is 685. The van der Waals surface area contributed by atoms with Crippen LogP contribution in [-0.4, -0.2) is 9.97 Å². The summed E-state index contributed by atoms with van der Waals surface area (Å²) in [4.78, 5) is 19.3. The van der Waals surface area contributed by atoms with Gasteiger partial charge in [-0.2, -0.15) is 0 Å². The van der Waals surface area contributed by atoms with Gasteiger partial charge in [0.15, 0.2) is 0 Å². The molecule has 0 saturated heterocycles. The van der Waals surface area contributed by atoms with E-state index in [-0.39, 0.29) is 11.5 Å². The van der Waals surface area contributed by atoms with Crippen molar-refractivity contribution in [2.24, 2.45) is 0 Å². The molecule has 1 aromatic heterocycles. The Morgan fingerprint density at radius 1 is 1.42 bits per heavy atom. The highest BCUT2D eigenvalue weighted by atomic mass is 127. The normalized spacial score (nSPS) is 11.1. The van der Waals surface area contributed by atoms with Gasteiger partial charge in [0, 0.05) is 10.0 Å². The minimum absolute atomic E-state index is 0.131. The summed E-state index contributed by atoms with van der Waals surface area (Å²) in [5, 5.41) is 0.549. The van der Waals surface area contributed by atoms with Crippen LogP contribution in [0.25, 0.3) is 11.4 Å². The summed E-state index contributed by atoms with van der Waals surface area (Å²) in [5.41, 5.74) is 1.38. The van der Waals surface area contributed by atoms with Gasteiger partial charge in [-0.15, -0.1) is 0 Å². The lowest BCUT2D eigenvalue weighted by molar-refractivity contribution is 0.802. The molecule has 0 atom stereocenters. The molecule has 1 heterocycles. The number of aromatic nitrogens is 2. The molecule has 0 unspecified atom stereocenters. The summed E-state index contributed by atoms with van der Waals surface area (Å²) in [6, 6.07) is 5.49. The Hall–Kier alpha value is -0.400. The number of benzene rings is 1. The number of hydrogen-bond acceptors (Lipinski definition) is 2. The van der Waals surface area contributed by atoms with Crippen LogP contribution < -0.4 is 5.56 Å². The fraction of sp³-hybridized carbons (Fsp3) is 0.231. The summed E-state index contributed by atoms with van der Waals surface area (Å²) in [6.07, 6.45) is 0. The number of rotatable bonds is 2. The maximum Gasteiger partial charge on any atom is 0.264 e. The van der Waals surface area contributed by atoms with Gasteiger partial charge in [0.2, 0.25) is 0 Å². The lowest BCUT2D eigenvalue weighted by Gasteiger charge is -2.10. The van der Waals surface area contributed by atoms with Crippen molar-refractivity contribution in [2.75, 3.05) is 0 Å². The molecule has 0 aliphatic heterocycles. The van der Waals surface area contributed by atoms with Gasteiger partial charge in [-0.25, -0.2) is 4.98 Å². The molecule has 0 spiro atoms. The topological polar surface area (TPSA) is 45.8 Å². The molecule has 1 N–H and O–H groups in total. The number of nitrogens with one attached hydrogen (secondary N) is 1. The molecular formula is C13H11BrClIN2O. The monoisotopic (exact) mass is 452 g/mol. The predicted molar refractivity (Wildman–Crippen MR) is 89.8 cm³/mol. The number of halogens is 3. The van der Waals surface area contributed by atoms with Gasteiger partial charge in [-0.05, 0) is 46.7 Å². The second-order valence-electron chi connectivity index (χ2n) is 4.39. The second-order valence-corrected chi connectivity index (χ2v) is 6.79. The van der Waals surface area contributed by atoms with E-state index in [1.807, 2.05) is 48.6 Å². The van der Waals surface area contributed by atoms with Crippen molar-refractivity contribution in [3.63, 3.8) is 0 Å². The van der Waals surface area contributed by atoms with E-state index in [2.05, 4.69) is 25.9 Å². The van der Waals surface area contributed by atoms with Gasteiger partial charge in [0.1, 0.15) is 5.82 Å². The first-order valence-electron chi connectivity index (χ1n) is 5.65. The van der Waals surface area contributed by atoms with Crippen molar-refractivity contribution < 1.29 is 0 Å². The lowest BCUT2D eigenvalue weighted by atomic mass is 10.1. The minimum Gasteiger partial charge on any atom is -0.306 e. The third-order valence-corrected chi connectivity index (χ3v) is 4.47. The Morgan fingerprint density at radius 3 is 2.68 bits per heavy atom. The summed E-state index contributed by atoms with van der Waals surface area (Å²) >= 11 is 11.6. The van der Waals surface area contributed by atoms with E-state index in [0.717, 1.165) is 15.7 Å². The van der Waals surface area contributed by atoms with E-state index >= 15 is 0 Å². The zero-order valence-corrected chi connectivity index (χ0v) is 14.8. The van der Waals surface area contributed by atoms with Crippen LogP contribution in [0.5, 0.6) is 0 Å². The molecule has 0 radical (unpaired) electrons. The summed E-state index contributed by atoms with van der Waals surface area (Å²) in [5.74, 6) is 0.689. The number of H-pyrrole nitrogens is 1. The van der Waals surface area contributed by atoms with Crippen molar-refractivity contribution in [1.82, 2.24) is 9.97 Å². The first kappa shape index (κ1) is 15.0. The largest absolute Gasteiger partial charge is 0.306 e. The van der Waals surface area contributed by atoms with Crippen molar-refractivity contribution in [1.29, 1.82) is 0 Å². The van der Waals surface area contributed by atoms with E-state index in [0.29, 0.717) is 14.4 Å². The molecule has 3 nitrogen and oxygen atoms in total. The van der Waals surface area contributed by atoms with Crippen LogP contribution in [0.15, 0.2) is 27.5 Å². The molecule has 0 fully saturated rings. The highest BCUT2D eigenvalue weighted by Gasteiger charge is 2.14. The summed E-state index contributed by atoms with van der Waals surface area (Å²) in [7, 11) is 0. The number of nitrogens with zero attached hydrogens (tertiary/aromatic N) is 1. The Kier molecular flexibility index (Phi) is 4.68. The van der Waals surface area contributed by atoms with E-state index in [1.54, 1.807) is 6.07 Å². The Labute approximate surface area is 138 Å². The molecule has 1 aromatic carbocycles. The van der Waals surface area contributed by atoms with Crippen LogP contribution in [-0.2, 0) is 0 Å². The molecular weight excluding hydrogens is 442 g/mol. The minimum atomic E-state index is -0.131. The van der Waals surface area contributed by atoms with E-state index < -0.39 is 0 Å². The van der Waals surface area contributed by atoms with Gasteiger partial charge in [0.05, 0.1) is 14.3 Å². The smallest absolute Gasteiger partial charge is 0.264 e. The van der Waals surface area contributed by atoms with Crippen molar-refractivity contribution >= 4 is 50.1 Å². The van der Waals surface area contributed by atoms with E-state index in [9.17, 15) is 4.79 Å². The van der Waals surface area contributed by atoms with Crippen molar-refractivity contribution in [3.05, 3.63) is 47.3 Å². The van der Waals surface area contributed by atoms with Crippen LogP contribution in [0.2, 0.25) is 5.02 Å². The Balaban J connectivity index is 2.66. The van der Waals surface area contributed by atoms with Gasteiger partial charge >= 0.3 is 0 Å². The molecule has 0 saturated carbocycles. The molecule has 19 heavy (non-hydrogen) atoms. The van der Waals surface area contributed by atoms with Gasteiger partial charge < -0.3 is 4.98 Å². The average Bonchev–Trinajstić information content (AvgIpc) is 2.32. The standard InChI is InChI=1S/C13H11BrClIN2O/c1-6(2)11-10(16)13(19)18-12(17-11)8-4-3-7(14)5-9(8)15/h3-6H,1-2H3,(H,17,18,19). The quantitative estimate of drug-likeness (QED) is 0.677.